The van der Waals surface area contributed by atoms with Crippen molar-refractivity contribution < 1.29 is 18.3 Å². The molecule has 1 amide bonds. The van der Waals surface area contributed by atoms with E-state index in [1.54, 1.807) is 17.0 Å². The summed E-state index contributed by atoms with van der Waals surface area (Å²) in [6, 6.07) is 11.9. The van der Waals surface area contributed by atoms with Crippen LogP contribution in [-0.4, -0.2) is 19.2 Å². The molecule has 1 fully saturated rings. The summed E-state index contributed by atoms with van der Waals surface area (Å²) in [5.74, 6) is 0.385. The van der Waals surface area contributed by atoms with Crippen LogP contribution in [0, 0.1) is 12.7 Å². The van der Waals surface area contributed by atoms with Crippen LogP contribution in [0.1, 0.15) is 5.56 Å². The number of fused-ring (bicyclic) bond motifs is 1. The highest BCUT2D eigenvalue weighted by molar-refractivity contribution is 5.95. The summed E-state index contributed by atoms with van der Waals surface area (Å²) in [6.45, 7) is 2.89. The maximum atomic E-state index is 13.0. The Balaban J connectivity index is 1.80. The van der Waals surface area contributed by atoms with Crippen molar-refractivity contribution in [2.24, 2.45) is 0 Å². The lowest BCUT2D eigenvalue weighted by Gasteiger charge is -2.15. The molecule has 0 aliphatic carbocycles. The highest BCUT2D eigenvalue weighted by Crippen LogP contribution is 2.33. The third-order valence-electron chi connectivity index (χ3n) is 4.02. The normalized spacial score (nSPS) is 14.5. The molecule has 0 bridgehead atoms. The summed E-state index contributed by atoms with van der Waals surface area (Å²) in [5, 5.41) is 0.943. The number of halogens is 1. The van der Waals surface area contributed by atoms with Gasteiger partial charge in [-0.25, -0.2) is 9.18 Å². The Bertz CT molecular complexity index is 899. The molecular weight excluding hydrogens is 297 g/mol. The lowest BCUT2D eigenvalue weighted by Crippen LogP contribution is -2.24. The zero-order valence-electron chi connectivity index (χ0n) is 12.5. The molecule has 0 atom stereocenters. The highest BCUT2D eigenvalue weighted by atomic mass is 19.1. The number of hydrogen-bond acceptors (Lipinski definition) is 3. The van der Waals surface area contributed by atoms with Crippen LogP contribution < -0.4 is 4.90 Å². The number of anilines is 1. The molecule has 0 saturated carbocycles. The van der Waals surface area contributed by atoms with Gasteiger partial charge in [0.15, 0.2) is 0 Å². The van der Waals surface area contributed by atoms with E-state index in [0.29, 0.717) is 24.5 Å². The monoisotopic (exact) mass is 311 g/mol. The number of hydrogen-bond donors (Lipinski definition) is 0. The van der Waals surface area contributed by atoms with E-state index < -0.39 is 0 Å². The number of rotatable bonds is 2. The predicted molar refractivity (Wildman–Crippen MR) is 85.0 cm³/mol. The summed E-state index contributed by atoms with van der Waals surface area (Å²) in [4.78, 5) is 13.4. The zero-order valence-corrected chi connectivity index (χ0v) is 12.5. The number of cyclic esters (lactones) is 1. The van der Waals surface area contributed by atoms with Crippen LogP contribution in [0.4, 0.5) is 14.9 Å². The van der Waals surface area contributed by atoms with Gasteiger partial charge in [-0.1, -0.05) is 0 Å². The SMILES string of the molecule is Cc1cc2cc(-c3ccc(F)cc3)oc2cc1N1CCOC1=O. The number of carbonyl (C=O) groups excluding carboxylic acids is 1. The lowest BCUT2D eigenvalue weighted by molar-refractivity contribution is 0.181. The number of nitrogens with zero attached hydrogens (tertiary/aromatic N) is 1. The van der Waals surface area contributed by atoms with Crippen molar-refractivity contribution in [3.8, 4) is 11.3 Å². The van der Waals surface area contributed by atoms with Gasteiger partial charge in [0.1, 0.15) is 23.8 Å². The quantitative estimate of drug-likeness (QED) is 0.699. The molecule has 1 aromatic heterocycles. The largest absolute Gasteiger partial charge is 0.456 e. The first-order valence-corrected chi connectivity index (χ1v) is 7.36. The number of ether oxygens (including phenoxy) is 1. The number of carbonyl (C=O) groups is 1. The van der Waals surface area contributed by atoms with Gasteiger partial charge in [-0.2, -0.15) is 0 Å². The minimum absolute atomic E-state index is 0.282. The second-order valence-corrected chi connectivity index (χ2v) is 5.56. The molecule has 0 spiro atoms. The Morgan fingerprint density at radius 1 is 1.13 bits per heavy atom. The Labute approximate surface area is 132 Å². The molecular formula is C18H14FNO3. The average molecular weight is 311 g/mol. The predicted octanol–water partition coefficient (Wildman–Crippen LogP) is 4.50. The minimum atomic E-state index is -0.335. The lowest BCUT2D eigenvalue weighted by atomic mass is 10.1. The van der Waals surface area contributed by atoms with Crippen LogP contribution >= 0.6 is 0 Å². The molecule has 116 valence electrons. The van der Waals surface area contributed by atoms with Gasteiger partial charge in [0.2, 0.25) is 0 Å². The van der Waals surface area contributed by atoms with E-state index in [9.17, 15) is 9.18 Å². The molecule has 2 aromatic carbocycles. The van der Waals surface area contributed by atoms with Crippen molar-refractivity contribution in [3.05, 3.63) is 53.8 Å². The van der Waals surface area contributed by atoms with Crippen LogP contribution in [0.15, 0.2) is 46.9 Å². The molecule has 4 rings (SSSR count). The minimum Gasteiger partial charge on any atom is -0.456 e. The first kappa shape index (κ1) is 13.8. The van der Waals surface area contributed by atoms with E-state index in [1.807, 2.05) is 25.1 Å². The second-order valence-electron chi connectivity index (χ2n) is 5.56. The van der Waals surface area contributed by atoms with Crippen LogP contribution in [0.25, 0.3) is 22.3 Å². The molecule has 2 heterocycles. The third-order valence-corrected chi connectivity index (χ3v) is 4.02. The molecule has 0 N–H and O–H groups in total. The summed E-state index contributed by atoms with van der Waals surface area (Å²) in [6.07, 6.45) is -0.335. The average Bonchev–Trinajstić information content (AvgIpc) is 3.13. The van der Waals surface area contributed by atoms with Gasteiger partial charge in [0.05, 0.1) is 12.2 Å². The molecule has 23 heavy (non-hydrogen) atoms. The topological polar surface area (TPSA) is 42.7 Å². The Morgan fingerprint density at radius 2 is 1.91 bits per heavy atom. The maximum Gasteiger partial charge on any atom is 0.414 e. The molecule has 1 aliphatic heterocycles. The van der Waals surface area contributed by atoms with Gasteiger partial charge < -0.3 is 9.15 Å². The number of aryl methyl sites for hydroxylation is 1. The molecule has 5 heteroatoms. The smallest absolute Gasteiger partial charge is 0.414 e. The summed E-state index contributed by atoms with van der Waals surface area (Å²) in [5.41, 5.74) is 3.26. The Morgan fingerprint density at radius 3 is 2.61 bits per heavy atom. The molecule has 3 aromatic rings. The van der Waals surface area contributed by atoms with Crippen molar-refractivity contribution >= 4 is 22.7 Å². The van der Waals surface area contributed by atoms with Gasteiger partial charge in [-0.3, -0.25) is 4.90 Å². The van der Waals surface area contributed by atoms with Crippen LogP contribution in [0.2, 0.25) is 0 Å². The van der Waals surface area contributed by atoms with Crippen molar-refractivity contribution in [1.29, 1.82) is 0 Å². The standard InChI is InChI=1S/C18H14FNO3/c1-11-8-13-9-16(12-2-4-14(19)5-3-12)23-17(13)10-15(11)20-6-7-22-18(20)21/h2-5,8-10H,6-7H2,1H3. The first-order chi connectivity index (χ1) is 11.1. The van der Waals surface area contributed by atoms with Crippen molar-refractivity contribution in [2.45, 2.75) is 6.92 Å². The van der Waals surface area contributed by atoms with Gasteiger partial charge in [-0.15, -0.1) is 0 Å². The molecule has 1 aliphatic rings. The fraction of sp³-hybridized carbons (Fsp3) is 0.167. The third kappa shape index (κ3) is 2.34. The van der Waals surface area contributed by atoms with Crippen molar-refractivity contribution in [1.82, 2.24) is 0 Å². The molecule has 1 saturated heterocycles. The van der Waals surface area contributed by atoms with Crippen LogP contribution in [-0.2, 0) is 4.74 Å². The van der Waals surface area contributed by atoms with Gasteiger partial charge >= 0.3 is 6.09 Å². The number of furan rings is 1. The van der Waals surface area contributed by atoms with Crippen molar-refractivity contribution in [2.75, 3.05) is 18.1 Å². The van der Waals surface area contributed by atoms with Gasteiger partial charge in [-0.05, 0) is 48.9 Å². The highest BCUT2D eigenvalue weighted by Gasteiger charge is 2.25. The van der Waals surface area contributed by atoms with E-state index in [0.717, 1.165) is 22.2 Å². The Kier molecular flexibility index (Phi) is 3.08. The van der Waals surface area contributed by atoms with E-state index in [2.05, 4.69) is 0 Å². The maximum absolute atomic E-state index is 13.0. The van der Waals surface area contributed by atoms with E-state index >= 15 is 0 Å². The second kappa shape index (κ2) is 5.12. The fourth-order valence-corrected chi connectivity index (χ4v) is 2.85. The van der Waals surface area contributed by atoms with Crippen LogP contribution in [0.3, 0.4) is 0 Å². The van der Waals surface area contributed by atoms with Crippen LogP contribution in [0.5, 0.6) is 0 Å². The van der Waals surface area contributed by atoms with Gasteiger partial charge in [0.25, 0.3) is 0 Å². The van der Waals surface area contributed by atoms with E-state index in [4.69, 9.17) is 9.15 Å². The molecule has 0 unspecified atom stereocenters. The first-order valence-electron chi connectivity index (χ1n) is 7.36. The fourth-order valence-electron chi connectivity index (χ4n) is 2.85. The van der Waals surface area contributed by atoms with E-state index in [1.165, 1.54) is 12.1 Å². The van der Waals surface area contributed by atoms with Gasteiger partial charge in [0, 0.05) is 17.0 Å². The summed E-state index contributed by atoms with van der Waals surface area (Å²) >= 11 is 0. The van der Waals surface area contributed by atoms with E-state index in [-0.39, 0.29) is 11.9 Å². The Hall–Kier alpha value is -2.82. The summed E-state index contributed by atoms with van der Waals surface area (Å²) in [7, 11) is 0. The zero-order chi connectivity index (χ0) is 16.0. The summed E-state index contributed by atoms with van der Waals surface area (Å²) < 4.78 is 23.9. The van der Waals surface area contributed by atoms with Crippen molar-refractivity contribution in [3.63, 3.8) is 0 Å². The number of benzene rings is 2. The molecule has 4 nitrogen and oxygen atoms in total. The molecule has 0 radical (unpaired) electrons. The number of amides is 1.